The summed E-state index contributed by atoms with van der Waals surface area (Å²) in [6.45, 7) is 2.59. The van der Waals surface area contributed by atoms with Gasteiger partial charge in [-0.1, -0.05) is 12.1 Å². The minimum atomic E-state index is 0.636. The van der Waals surface area contributed by atoms with Crippen molar-refractivity contribution < 1.29 is 4.74 Å². The molecule has 0 saturated heterocycles. The second-order valence-corrected chi connectivity index (χ2v) is 4.18. The zero-order valence-corrected chi connectivity index (χ0v) is 10.6. The molecule has 0 spiro atoms. The Labute approximate surface area is 110 Å². The molecule has 0 fully saturated rings. The lowest BCUT2D eigenvalue weighted by Crippen LogP contribution is -1.94. The minimum absolute atomic E-state index is 0.636. The molecule has 0 unspecified atom stereocenters. The van der Waals surface area contributed by atoms with Crippen molar-refractivity contribution in [3.8, 4) is 17.1 Å². The first-order valence-corrected chi connectivity index (χ1v) is 6.11. The van der Waals surface area contributed by atoms with Crippen molar-refractivity contribution in [2.24, 2.45) is 0 Å². The standard InChI is InChI=1S/C14H14N4O/c1-2-19-12-5-3-4-10(8-12)14-17-16-13-7-6-11(15)9-18(13)14/h3-9H,2,15H2,1H3. The van der Waals surface area contributed by atoms with E-state index in [1.165, 1.54) is 0 Å². The van der Waals surface area contributed by atoms with E-state index in [-0.39, 0.29) is 0 Å². The van der Waals surface area contributed by atoms with Crippen molar-refractivity contribution in [2.45, 2.75) is 6.92 Å². The summed E-state index contributed by atoms with van der Waals surface area (Å²) >= 11 is 0. The largest absolute Gasteiger partial charge is 0.494 e. The third-order valence-electron chi connectivity index (χ3n) is 2.83. The molecule has 5 heteroatoms. The van der Waals surface area contributed by atoms with Crippen molar-refractivity contribution in [2.75, 3.05) is 12.3 Å². The van der Waals surface area contributed by atoms with Crippen LogP contribution in [0.5, 0.6) is 5.75 Å². The number of pyridine rings is 1. The molecule has 0 aliphatic carbocycles. The van der Waals surface area contributed by atoms with Gasteiger partial charge in [-0.25, -0.2) is 0 Å². The van der Waals surface area contributed by atoms with E-state index in [1.807, 2.05) is 53.9 Å². The van der Waals surface area contributed by atoms with Crippen LogP contribution in [0.25, 0.3) is 17.0 Å². The van der Waals surface area contributed by atoms with Crippen molar-refractivity contribution in [3.05, 3.63) is 42.6 Å². The van der Waals surface area contributed by atoms with Crippen LogP contribution in [0.15, 0.2) is 42.6 Å². The molecule has 19 heavy (non-hydrogen) atoms. The molecule has 0 bridgehead atoms. The van der Waals surface area contributed by atoms with Gasteiger partial charge in [0, 0.05) is 17.4 Å². The van der Waals surface area contributed by atoms with Gasteiger partial charge in [0.15, 0.2) is 11.5 Å². The normalized spacial score (nSPS) is 10.8. The van der Waals surface area contributed by atoms with Crippen LogP contribution in [0.1, 0.15) is 6.92 Å². The topological polar surface area (TPSA) is 65.4 Å². The Bertz CT molecular complexity index is 720. The summed E-state index contributed by atoms with van der Waals surface area (Å²) in [6, 6.07) is 11.4. The van der Waals surface area contributed by atoms with E-state index >= 15 is 0 Å². The summed E-state index contributed by atoms with van der Waals surface area (Å²) in [4.78, 5) is 0. The quantitative estimate of drug-likeness (QED) is 0.779. The van der Waals surface area contributed by atoms with Crippen LogP contribution in [-0.4, -0.2) is 21.2 Å². The second-order valence-electron chi connectivity index (χ2n) is 4.18. The number of fused-ring (bicyclic) bond motifs is 1. The Morgan fingerprint density at radius 1 is 1.21 bits per heavy atom. The number of rotatable bonds is 3. The fraction of sp³-hybridized carbons (Fsp3) is 0.143. The van der Waals surface area contributed by atoms with E-state index in [1.54, 1.807) is 0 Å². The smallest absolute Gasteiger partial charge is 0.168 e. The Kier molecular flexibility index (Phi) is 2.79. The van der Waals surface area contributed by atoms with E-state index < -0.39 is 0 Å². The third kappa shape index (κ3) is 2.10. The average molecular weight is 254 g/mol. The SMILES string of the molecule is CCOc1cccc(-c2nnc3ccc(N)cn23)c1. The lowest BCUT2D eigenvalue weighted by molar-refractivity contribution is 0.340. The number of benzene rings is 1. The summed E-state index contributed by atoms with van der Waals surface area (Å²) in [5, 5.41) is 8.34. The van der Waals surface area contributed by atoms with Gasteiger partial charge in [0.2, 0.25) is 0 Å². The summed E-state index contributed by atoms with van der Waals surface area (Å²) in [6.07, 6.45) is 1.82. The maximum Gasteiger partial charge on any atom is 0.168 e. The first-order valence-electron chi connectivity index (χ1n) is 6.11. The molecule has 0 aliphatic rings. The highest BCUT2D eigenvalue weighted by Crippen LogP contribution is 2.23. The van der Waals surface area contributed by atoms with Gasteiger partial charge in [-0.2, -0.15) is 0 Å². The second kappa shape index (κ2) is 4.61. The Morgan fingerprint density at radius 3 is 2.95 bits per heavy atom. The first-order chi connectivity index (χ1) is 9.28. The lowest BCUT2D eigenvalue weighted by atomic mass is 10.2. The zero-order valence-electron chi connectivity index (χ0n) is 10.6. The highest BCUT2D eigenvalue weighted by Gasteiger charge is 2.08. The monoisotopic (exact) mass is 254 g/mol. The van der Waals surface area contributed by atoms with Gasteiger partial charge in [-0.3, -0.25) is 4.40 Å². The number of hydrogen-bond donors (Lipinski definition) is 1. The Balaban J connectivity index is 2.13. The minimum Gasteiger partial charge on any atom is -0.494 e. The fourth-order valence-corrected chi connectivity index (χ4v) is 2.00. The van der Waals surface area contributed by atoms with Crippen LogP contribution in [0.2, 0.25) is 0 Å². The van der Waals surface area contributed by atoms with Crippen LogP contribution in [-0.2, 0) is 0 Å². The Morgan fingerprint density at radius 2 is 2.11 bits per heavy atom. The first kappa shape index (κ1) is 11.5. The molecule has 5 nitrogen and oxygen atoms in total. The van der Waals surface area contributed by atoms with Crippen LogP contribution >= 0.6 is 0 Å². The van der Waals surface area contributed by atoms with Gasteiger partial charge in [-0.15, -0.1) is 10.2 Å². The molecule has 96 valence electrons. The fourth-order valence-electron chi connectivity index (χ4n) is 2.00. The van der Waals surface area contributed by atoms with Crippen LogP contribution in [0.3, 0.4) is 0 Å². The predicted octanol–water partition coefficient (Wildman–Crippen LogP) is 2.38. The van der Waals surface area contributed by atoms with Gasteiger partial charge < -0.3 is 10.5 Å². The molecule has 1 aromatic carbocycles. The molecule has 2 N–H and O–H groups in total. The van der Waals surface area contributed by atoms with E-state index in [0.717, 1.165) is 22.8 Å². The predicted molar refractivity (Wildman–Crippen MR) is 74.0 cm³/mol. The number of nitrogens with zero attached hydrogens (tertiary/aromatic N) is 3. The molecule has 0 radical (unpaired) electrons. The van der Waals surface area contributed by atoms with Crippen molar-refractivity contribution >= 4 is 11.3 Å². The lowest BCUT2D eigenvalue weighted by Gasteiger charge is -2.05. The number of nitrogen functional groups attached to an aromatic ring is 1. The molecule has 0 amide bonds. The summed E-state index contributed by atoms with van der Waals surface area (Å²) in [5.41, 5.74) is 8.20. The molecule has 3 rings (SSSR count). The van der Waals surface area contributed by atoms with Gasteiger partial charge in [0.05, 0.1) is 6.61 Å². The van der Waals surface area contributed by atoms with E-state index in [0.29, 0.717) is 12.3 Å². The maximum absolute atomic E-state index is 5.81. The van der Waals surface area contributed by atoms with Crippen molar-refractivity contribution in [1.82, 2.24) is 14.6 Å². The van der Waals surface area contributed by atoms with Crippen LogP contribution < -0.4 is 10.5 Å². The van der Waals surface area contributed by atoms with Gasteiger partial charge >= 0.3 is 0 Å². The van der Waals surface area contributed by atoms with Crippen LogP contribution in [0.4, 0.5) is 5.69 Å². The van der Waals surface area contributed by atoms with Gasteiger partial charge in [0.25, 0.3) is 0 Å². The number of aromatic nitrogens is 3. The van der Waals surface area contributed by atoms with Gasteiger partial charge in [0.1, 0.15) is 5.75 Å². The van der Waals surface area contributed by atoms with Gasteiger partial charge in [-0.05, 0) is 31.2 Å². The van der Waals surface area contributed by atoms with Crippen LogP contribution in [0, 0.1) is 0 Å². The highest BCUT2D eigenvalue weighted by molar-refractivity contribution is 5.62. The van der Waals surface area contributed by atoms with E-state index in [9.17, 15) is 0 Å². The molecule has 0 atom stereocenters. The van der Waals surface area contributed by atoms with Crippen molar-refractivity contribution in [1.29, 1.82) is 0 Å². The number of anilines is 1. The molecule has 2 aromatic heterocycles. The maximum atomic E-state index is 5.81. The molecule has 0 saturated carbocycles. The third-order valence-corrected chi connectivity index (χ3v) is 2.83. The zero-order chi connectivity index (χ0) is 13.2. The number of ether oxygens (including phenoxy) is 1. The molecule has 2 heterocycles. The van der Waals surface area contributed by atoms with Crippen molar-refractivity contribution in [3.63, 3.8) is 0 Å². The summed E-state index contributed by atoms with van der Waals surface area (Å²) in [7, 11) is 0. The summed E-state index contributed by atoms with van der Waals surface area (Å²) < 4.78 is 7.37. The highest BCUT2D eigenvalue weighted by atomic mass is 16.5. The Hall–Kier alpha value is -2.56. The van der Waals surface area contributed by atoms with E-state index in [2.05, 4.69) is 10.2 Å². The number of nitrogens with two attached hydrogens (primary N) is 1. The molecule has 0 aliphatic heterocycles. The summed E-state index contributed by atoms with van der Waals surface area (Å²) in [5.74, 6) is 1.57. The molecular weight excluding hydrogens is 240 g/mol. The molecular formula is C14H14N4O. The molecule has 3 aromatic rings. The number of hydrogen-bond acceptors (Lipinski definition) is 4. The van der Waals surface area contributed by atoms with E-state index in [4.69, 9.17) is 10.5 Å². The average Bonchev–Trinajstić information content (AvgIpc) is 2.82.